The zero-order valence-corrected chi connectivity index (χ0v) is 13.2. The van der Waals surface area contributed by atoms with Crippen LogP contribution >= 0.6 is 23.4 Å². The van der Waals surface area contributed by atoms with Crippen LogP contribution < -0.4 is 4.90 Å². The van der Waals surface area contributed by atoms with Gasteiger partial charge >= 0.3 is 0 Å². The second-order valence-corrected chi connectivity index (χ2v) is 6.07. The van der Waals surface area contributed by atoms with Gasteiger partial charge in [-0.15, -0.1) is 0 Å². The summed E-state index contributed by atoms with van der Waals surface area (Å²) in [6.45, 7) is 0. The van der Waals surface area contributed by atoms with E-state index in [1.165, 1.54) is 22.5 Å². The zero-order valence-electron chi connectivity index (χ0n) is 11.6. The number of fused-ring (bicyclic) bond motifs is 1. The van der Waals surface area contributed by atoms with Gasteiger partial charge in [0.15, 0.2) is 5.16 Å². The molecule has 0 aliphatic rings. The lowest BCUT2D eigenvalue weighted by molar-refractivity contribution is 0.866. The number of halogens is 1. The van der Waals surface area contributed by atoms with Crippen molar-refractivity contribution in [1.82, 2.24) is 15.0 Å². The largest absolute Gasteiger partial charge is 0.347 e. The van der Waals surface area contributed by atoms with E-state index < -0.39 is 0 Å². The number of hydrogen-bond acceptors (Lipinski definition) is 5. The predicted molar refractivity (Wildman–Crippen MR) is 87.2 cm³/mol. The normalized spacial score (nSPS) is 10.8. The molecule has 0 atom stereocenters. The van der Waals surface area contributed by atoms with Gasteiger partial charge in [-0.25, -0.2) is 0 Å². The van der Waals surface area contributed by atoms with E-state index in [1.807, 2.05) is 26.2 Å². The molecule has 21 heavy (non-hydrogen) atoms. The summed E-state index contributed by atoms with van der Waals surface area (Å²) >= 11 is 7.43. The first-order valence-electron chi connectivity index (χ1n) is 6.37. The summed E-state index contributed by atoms with van der Waals surface area (Å²) < 4.78 is 0. The molecule has 0 unspecified atom stereocenters. The van der Waals surface area contributed by atoms with Gasteiger partial charge in [-0.2, -0.15) is 15.0 Å². The molecule has 0 spiro atoms. The number of anilines is 1. The average molecular weight is 317 g/mol. The van der Waals surface area contributed by atoms with Crippen LogP contribution in [0.25, 0.3) is 10.8 Å². The maximum atomic E-state index is 5.95. The van der Waals surface area contributed by atoms with Crippen LogP contribution in [0.2, 0.25) is 5.28 Å². The molecule has 0 amide bonds. The maximum absolute atomic E-state index is 5.95. The molecule has 0 N–H and O–H groups in total. The molecule has 0 radical (unpaired) electrons. The van der Waals surface area contributed by atoms with E-state index in [1.54, 1.807) is 4.90 Å². The average Bonchev–Trinajstić information content (AvgIpc) is 2.46. The molecular weight excluding hydrogens is 304 g/mol. The number of aromatic nitrogens is 3. The van der Waals surface area contributed by atoms with Gasteiger partial charge in [0.25, 0.3) is 0 Å². The summed E-state index contributed by atoms with van der Waals surface area (Å²) in [5.74, 6) is 0.554. The fraction of sp³-hybridized carbons (Fsp3) is 0.133. The molecule has 6 heteroatoms. The van der Waals surface area contributed by atoms with Crippen LogP contribution in [-0.4, -0.2) is 29.0 Å². The molecule has 0 saturated heterocycles. The van der Waals surface area contributed by atoms with Crippen LogP contribution in [0.15, 0.2) is 52.5 Å². The minimum atomic E-state index is 0.206. The Morgan fingerprint density at radius 1 is 0.952 bits per heavy atom. The van der Waals surface area contributed by atoms with Crippen molar-refractivity contribution < 1.29 is 0 Å². The van der Waals surface area contributed by atoms with Crippen LogP contribution in [0.3, 0.4) is 0 Å². The molecule has 0 aliphatic carbocycles. The fourth-order valence-electron chi connectivity index (χ4n) is 1.90. The number of rotatable bonds is 3. The lowest BCUT2D eigenvalue weighted by atomic mass is 10.1. The molecule has 2 aromatic carbocycles. The Hall–Kier alpha value is -1.85. The van der Waals surface area contributed by atoms with Crippen LogP contribution in [0.1, 0.15) is 0 Å². The van der Waals surface area contributed by atoms with Crippen molar-refractivity contribution in [3.05, 3.63) is 47.7 Å². The smallest absolute Gasteiger partial charge is 0.230 e. The Bertz CT molecular complexity index is 791. The van der Waals surface area contributed by atoms with Gasteiger partial charge in [0.1, 0.15) is 0 Å². The van der Waals surface area contributed by atoms with Gasteiger partial charge in [0, 0.05) is 19.0 Å². The van der Waals surface area contributed by atoms with Gasteiger partial charge in [-0.05, 0) is 46.3 Å². The van der Waals surface area contributed by atoms with Crippen LogP contribution in [0.4, 0.5) is 5.95 Å². The summed E-state index contributed by atoms with van der Waals surface area (Å²) in [6.07, 6.45) is 0. The van der Waals surface area contributed by atoms with Crippen molar-refractivity contribution in [2.45, 2.75) is 10.1 Å². The van der Waals surface area contributed by atoms with E-state index in [-0.39, 0.29) is 5.28 Å². The van der Waals surface area contributed by atoms with Crippen molar-refractivity contribution in [2.24, 2.45) is 0 Å². The van der Waals surface area contributed by atoms with Gasteiger partial charge in [0.2, 0.25) is 11.2 Å². The summed E-state index contributed by atoms with van der Waals surface area (Å²) in [5, 5.41) is 3.20. The first kappa shape index (κ1) is 14.1. The van der Waals surface area contributed by atoms with Gasteiger partial charge in [0.05, 0.1) is 0 Å². The molecule has 4 nitrogen and oxygen atoms in total. The highest BCUT2D eigenvalue weighted by Crippen LogP contribution is 2.29. The maximum Gasteiger partial charge on any atom is 0.230 e. The van der Waals surface area contributed by atoms with E-state index in [0.717, 1.165) is 4.90 Å². The van der Waals surface area contributed by atoms with Crippen LogP contribution in [-0.2, 0) is 0 Å². The minimum Gasteiger partial charge on any atom is -0.347 e. The van der Waals surface area contributed by atoms with Crippen molar-refractivity contribution in [1.29, 1.82) is 0 Å². The molecule has 3 aromatic rings. The number of hydrogen-bond donors (Lipinski definition) is 0. The Morgan fingerprint density at radius 3 is 2.48 bits per heavy atom. The topological polar surface area (TPSA) is 41.9 Å². The van der Waals surface area contributed by atoms with Crippen LogP contribution in [0.5, 0.6) is 0 Å². The van der Waals surface area contributed by atoms with E-state index in [2.05, 4.69) is 45.3 Å². The third-order valence-electron chi connectivity index (χ3n) is 2.91. The predicted octanol–water partition coefficient (Wildman–Crippen LogP) is 3.90. The van der Waals surface area contributed by atoms with Crippen LogP contribution in [0, 0.1) is 0 Å². The Labute approximate surface area is 132 Å². The SMILES string of the molecule is CN(C)c1nc(Cl)nc(Sc2ccc3ccccc3c2)n1. The lowest BCUT2D eigenvalue weighted by Crippen LogP contribution is -2.13. The molecule has 0 saturated carbocycles. The summed E-state index contributed by atoms with van der Waals surface area (Å²) in [7, 11) is 3.74. The summed E-state index contributed by atoms with van der Waals surface area (Å²) in [5.41, 5.74) is 0. The Morgan fingerprint density at radius 2 is 1.71 bits per heavy atom. The first-order valence-corrected chi connectivity index (χ1v) is 7.57. The third kappa shape index (κ3) is 3.25. The Balaban J connectivity index is 1.94. The number of nitrogens with zero attached hydrogens (tertiary/aromatic N) is 4. The van der Waals surface area contributed by atoms with Crippen molar-refractivity contribution in [3.8, 4) is 0 Å². The molecule has 0 aliphatic heterocycles. The highest BCUT2D eigenvalue weighted by atomic mass is 35.5. The minimum absolute atomic E-state index is 0.206. The summed E-state index contributed by atoms with van der Waals surface area (Å²) in [6, 6.07) is 14.5. The highest BCUT2D eigenvalue weighted by Gasteiger charge is 2.08. The van der Waals surface area contributed by atoms with E-state index in [9.17, 15) is 0 Å². The van der Waals surface area contributed by atoms with Crippen molar-refractivity contribution in [3.63, 3.8) is 0 Å². The van der Waals surface area contributed by atoms with Crippen molar-refractivity contribution >= 4 is 40.1 Å². The molecule has 1 aromatic heterocycles. The second kappa shape index (κ2) is 5.87. The monoisotopic (exact) mass is 316 g/mol. The van der Waals surface area contributed by atoms with Crippen molar-refractivity contribution in [2.75, 3.05) is 19.0 Å². The first-order chi connectivity index (χ1) is 10.1. The second-order valence-electron chi connectivity index (χ2n) is 4.69. The van der Waals surface area contributed by atoms with E-state index in [0.29, 0.717) is 11.1 Å². The standard InChI is InChI=1S/C15H13ClN4S/c1-20(2)14-17-13(16)18-15(19-14)21-12-8-7-10-5-3-4-6-11(10)9-12/h3-9H,1-2H3. The number of benzene rings is 2. The third-order valence-corrected chi connectivity index (χ3v) is 3.93. The van der Waals surface area contributed by atoms with Gasteiger partial charge < -0.3 is 4.90 Å². The fourth-order valence-corrected chi connectivity index (χ4v) is 2.90. The molecular formula is C15H13ClN4S. The molecule has 0 fully saturated rings. The van der Waals surface area contributed by atoms with Gasteiger partial charge in [-0.1, -0.05) is 30.3 Å². The molecule has 3 rings (SSSR count). The summed E-state index contributed by atoms with van der Waals surface area (Å²) in [4.78, 5) is 15.5. The van der Waals surface area contributed by atoms with E-state index in [4.69, 9.17) is 11.6 Å². The Kier molecular flexibility index (Phi) is 3.94. The van der Waals surface area contributed by atoms with Gasteiger partial charge in [-0.3, -0.25) is 0 Å². The van der Waals surface area contributed by atoms with E-state index >= 15 is 0 Å². The zero-order chi connectivity index (χ0) is 14.8. The molecule has 106 valence electrons. The lowest BCUT2D eigenvalue weighted by Gasteiger charge is -2.10. The quantitative estimate of drug-likeness (QED) is 0.733. The molecule has 0 bridgehead atoms. The highest BCUT2D eigenvalue weighted by molar-refractivity contribution is 7.99. The molecule has 1 heterocycles.